The van der Waals surface area contributed by atoms with Gasteiger partial charge in [-0.15, -0.1) is 4.48 Å². The molecular formula is C10H15FN2. The first-order valence-electron chi connectivity index (χ1n) is 4.53. The minimum absolute atomic E-state index is 0.504. The van der Waals surface area contributed by atoms with Crippen LogP contribution in [0, 0.1) is 0 Å². The molecular weight excluding hydrogens is 167 g/mol. The molecule has 0 aliphatic rings. The molecule has 1 aromatic rings. The largest absolute Gasteiger partial charge is 0.372 e. The van der Waals surface area contributed by atoms with Crippen molar-refractivity contribution in [1.29, 1.82) is 0 Å². The van der Waals surface area contributed by atoms with Crippen LogP contribution in [0.15, 0.2) is 24.3 Å². The van der Waals surface area contributed by atoms with Gasteiger partial charge >= 0.3 is 0 Å². The minimum atomic E-state index is 0.504. The van der Waals surface area contributed by atoms with Gasteiger partial charge in [-0.3, -0.25) is 0 Å². The maximum Gasteiger partial charge on any atom is 0.0676 e. The molecule has 0 spiro atoms. The number of anilines is 2. The summed E-state index contributed by atoms with van der Waals surface area (Å²) >= 11 is 0. The minimum Gasteiger partial charge on any atom is -0.372 e. The Kier molecular flexibility index (Phi) is 3.55. The Balaban J connectivity index is 2.86. The highest BCUT2D eigenvalue weighted by Crippen LogP contribution is 2.18. The number of hydrogen-bond acceptors (Lipinski definition) is 2. The summed E-state index contributed by atoms with van der Waals surface area (Å²) in [5.74, 6) is 0. The van der Waals surface area contributed by atoms with E-state index in [2.05, 4.69) is 18.7 Å². The summed E-state index contributed by atoms with van der Waals surface area (Å²) in [4.78, 5) is 2.17. The van der Waals surface area contributed by atoms with Crippen molar-refractivity contribution in [3.8, 4) is 0 Å². The van der Waals surface area contributed by atoms with E-state index in [4.69, 9.17) is 0 Å². The monoisotopic (exact) mass is 182 g/mol. The van der Waals surface area contributed by atoms with Crippen LogP contribution >= 0.6 is 0 Å². The maximum atomic E-state index is 12.1. The molecule has 1 N–H and O–H groups in total. The molecule has 0 heterocycles. The van der Waals surface area contributed by atoms with E-state index in [1.54, 1.807) is 17.7 Å². The summed E-state index contributed by atoms with van der Waals surface area (Å²) in [6.45, 7) is 6.04. The van der Waals surface area contributed by atoms with E-state index in [0.29, 0.717) is 5.69 Å². The molecule has 0 aliphatic carbocycles. The van der Waals surface area contributed by atoms with E-state index in [0.717, 1.165) is 18.8 Å². The zero-order valence-electron chi connectivity index (χ0n) is 8.05. The van der Waals surface area contributed by atoms with Crippen molar-refractivity contribution in [2.75, 3.05) is 23.5 Å². The molecule has 0 radical (unpaired) electrons. The highest BCUT2D eigenvalue weighted by molar-refractivity contribution is 5.57. The predicted octanol–water partition coefficient (Wildman–Crippen LogP) is 2.83. The van der Waals surface area contributed by atoms with Gasteiger partial charge < -0.3 is 4.90 Å². The highest BCUT2D eigenvalue weighted by atomic mass is 19.2. The first kappa shape index (κ1) is 9.84. The van der Waals surface area contributed by atoms with E-state index in [1.807, 2.05) is 12.1 Å². The Morgan fingerprint density at radius 3 is 2.54 bits per heavy atom. The topological polar surface area (TPSA) is 15.3 Å². The zero-order valence-corrected chi connectivity index (χ0v) is 8.05. The Morgan fingerprint density at radius 2 is 2.00 bits per heavy atom. The van der Waals surface area contributed by atoms with Crippen LogP contribution in [0.4, 0.5) is 15.9 Å². The number of nitrogens with one attached hydrogen (secondary N) is 1. The fraction of sp³-hybridized carbons (Fsp3) is 0.400. The normalized spacial score (nSPS) is 9.77. The second-order valence-electron chi connectivity index (χ2n) is 2.82. The fourth-order valence-electron chi connectivity index (χ4n) is 1.35. The van der Waals surface area contributed by atoms with Crippen molar-refractivity contribution in [1.82, 2.24) is 0 Å². The molecule has 1 aromatic carbocycles. The standard InChI is InChI=1S/C10H15FN2/c1-3-13(4-2)10-7-5-6-9(8-10)12-11/h5-8,12H,3-4H2,1-2H3. The van der Waals surface area contributed by atoms with Gasteiger partial charge in [0, 0.05) is 18.8 Å². The van der Waals surface area contributed by atoms with Crippen LogP contribution in [-0.2, 0) is 0 Å². The summed E-state index contributed by atoms with van der Waals surface area (Å²) in [6, 6.07) is 7.32. The van der Waals surface area contributed by atoms with Gasteiger partial charge in [-0.25, -0.2) is 5.54 Å². The number of rotatable bonds is 4. The molecule has 0 fully saturated rings. The van der Waals surface area contributed by atoms with Crippen molar-refractivity contribution >= 4 is 11.4 Å². The number of benzene rings is 1. The van der Waals surface area contributed by atoms with Gasteiger partial charge in [-0.05, 0) is 32.0 Å². The maximum absolute atomic E-state index is 12.1. The van der Waals surface area contributed by atoms with Crippen LogP contribution in [0.1, 0.15) is 13.8 Å². The molecule has 0 unspecified atom stereocenters. The van der Waals surface area contributed by atoms with Crippen LogP contribution in [-0.4, -0.2) is 13.1 Å². The Bertz CT molecular complexity index is 259. The van der Waals surface area contributed by atoms with Crippen LogP contribution in [0.2, 0.25) is 0 Å². The molecule has 0 saturated carbocycles. The lowest BCUT2D eigenvalue weighted by atomic mass is 10.2. The molecule has 0 atom stereocenters. The average Bonchev–Trinajstić information content (AvgIpc) is 2.20. The summed E-state index contributed by atoms with van der Waals surface area (Å²) in [5.41, 5.74) is 3.20. The van der Waals surface area contributed by atoms with E-state index in [1.165, 1.54) is 0 Å². The molecule has 13 heavy (non-hydrogen) atoms. The third kappa shape index (κ3) is 2.34. The average molecular weight is 182 g/mol. The van der Waals surface area contributed by atoms with E-state index < -0.39 is 0 Å². The third-order valence-electron chi connectivity index (χ3n) is 2.08. The van der Waals surface area contributed by atoms with Crippen LogP contribution in [0.3, 0.4) is 0 Å². The van der Waals surface area contributed by atoms with Crippen molar-refractivity contribution in [3.63, 3.8) is 0 Å². The lowest BCUT2D eigenvalue weighted by Crippen LogP contribution is -2.21. The van der Waals surface area contributed by atoms with Gasteiger partial charge in [-0.1, -0.05) is 6.07 Å². The van der Waals surface area contributed by atoms with Crippen molar-refractivity contribution in [2.45, 2.75) is 13.8 Å². The molecule has 0 amide bonds. The SMILES string of the molecule is CCN(CC)c1cccc(NF)c1. The van der Waals surface area contributed by atoms with Crippen LogP contribution < -0.4 is 10.4 Å². The van der Waals surface area contributed by atoms with Gasteiger partial charge in [0.25, 0.3) is 0 Å². The first-order valence-corrected chi connectivity index (χ1v) is 4.53. The highest BCUT2D eigenvalue weighted by Gasteiger charge is 2.01. The zero-order chi connectivity index (χ0) is 9.68. The van der Waals surface area contributed by atoms with E-state index in [9.17, 15) is 4.48 Å². The molecule has 2 nitrogen and oxygen atoms in total. The van der Waals surface area contributed by atoms with E-state index >= 15 is 0 Å². The summed E-state index contributed by atoms with van der Waals surface area (Å²) in [5, 5.41) is 0. The van der Waals surface area contributed by atoms with Crippen molar-refractivity contribution in [3.05, 3.63) is 24.3 Å². The van der Waals surface area contributed by atoms with Gasteiger partial charge in [0.05, 0.1) is 5.69 Å². The number of hydrogen-bond donors (Lipinski definition) is 1. The number of nitrogens with zero attached hydrogens (tertiary/aromatic N) is 1. The van der Waals surface area contributed by atoms with Gasteiger partial charge in [-0.2, -0.15) is 0 Å². The first-order chi connectivity index (χ1) is 6.31. The molecule has 0 bridgehead atoms. The van der Waals surface area contributed by atoms with Gasteiger partial charge in [0.2, 0.25) is 0 Å². The molecule has 0 aromatic heterocycles. The van der Waals surface area contributed by atoms with Crippen molar-refractivity contribution in [2.24, 2.45) is 0 Å². The van der Waals surface area contributed by atoms with E-state index in [-0.39, 0.29) is 0 Å². The number of halogens is 1. The Hall–Kier alpha value is -1.25. The molecule has 0 aliphatic heterocycles. The summed E-state index contributed by atoms with van der Waals surface area (Å²) in [6.07, 6.45) is 0. The molecule has 3 heteroatoms. The summed E-state index contributed by atoms with van der Waals surface area (Å²) in [7, 11) is 0. The fourth-order valence-corrected chi connectivity index (χ4v) is 1.35. The second-order valence-corrected chi connectivity index (χ2v) is 2.82. The third-order valence-corrected chi connectivity index (χ3v) is 2.08. The van der Waals surface area contributed by atoms with Crippen molar-refractivity contribution < 1.29 is 4.48 Å². The van der Waals surface area contributed by atoms with Gasteiger partial charge in [0.1, 0.15) is 0 Å². The van der Waals surface area contributed by atoms with Gasteiger partial charge in [0.15, 0.2) is 0 Å². The second kappa shape index (κ2) is 4.70. The quantitative estimate of drug-likeness (QED) is 0.720. The Labute approximate surface area is 78.3 Å². The lowest BCUT2D eigenvalue weighted by Gasteiger charge is -2.21. The molecule has 72 valence electrons. The lowest BCUT2D eigenvalue weighted by molar-refractivity contribution is 0.617. The molecule has 1 rings (SSSR count). The molecule has 0 saturated heterocycles. The van der Waals surface area contributed by atoms with Crippen LogP contribution in [0.5, 0.6) is 0 Å². The summed E-state index contributed by atoms with van der Waals surface area (Å²) < 4.78 is 12.1. The Morgan fingerprint density at radius 1 is 1.31 bits per heavy atom. The predicted molar refractivity (Wildman–Crippen MR) is 54.7 cm³/mol. The smallest absolute Gasteiger partial charge is 0.0676 e. The van der Waals surface area contributed by atoms with Crippen LogP contribution in [0.25, 0.3) is 0 Å².